The SMILES string of the molecule is CC(C#N)CN1CC(C)OC(C)C1. The van der Waals surface area contributed by atoms with Gasteiger partial charge in [0.05, 0.1) is 24.2 Å². The van der Waals surface area contributed by atoms with Crippen LogP contribution in [-0.2, 0) is 4.74 Å². The van der Waals surface area contributed by atoms with Crippen LogP contribution in [0.5, 0.6) is 0 Å². The molecule has 1 rings (SSSR count). The molecule has 0 N–H and O–H groups in total. The summed E-state index contributed by atoms with van der Waals surface area (Å²) >= 11 is 0. The molecular weight excluding hydrogens is 164 g/mol. The summed E-state index contributed by atoms with van der Waals surface area (Å²) in [5, 5.41) is 8.69. The van der Waals surface area contributed by atoms with E-state index in [1.165, 1.54) is 0 Å². The third kappa shape index (κ3) is 3.33. The van der Waals surface area contributed by atoms with Crippen molar-refractivity contribution in [3.8, 4) is 6.07 Å². The molecule has 0 aromatic heterocycles. The molecule has 0 saturated carbocycles. The summed E-state index contributed by atoms with van der Waals surface area (Å²) in [7, 11) is 0. The van der Waals surface area contributed by atoms with E-state index in [2.05, 4.69) is 24.8 Å². The molecule has 0 spiro atoms. The lowest BCUT2D eigenvalue weighted by molar-refractivity contribution is -0.0695. The van der Waals surface area contributed by atoms with Crippen LogP contribution < -0.4 is 0 Å². The van der Waals surface area contributed by atoms with Gasteiger partial charge in [0.1, 0.15) is 0 Å². The number of hydrogen-bond donors (Lipinski definition) is 0. The first-order valence-corrected chi connectivity index (χ1v) is 4.89. The molecule has 0 amide bonds. The van der Waals surface area contributed by atoms with Crippen molar-refractivity contribution in [3.63, 3.8) is 0 Å². The van der Waals surface area contributed by atoms with Gasteiger partial charge in [-0.1, -0.05) is 0 Å². The first kappa shape index (κ1) is 10.5. The van der Waals surface area contributed by atoms with Crippen molar-refractivity contribution >= 4 is 0 Å². The quantitative estimate of drug-likeness (QED) is 0.645. The molecule has 1 saturated heterocycles. The predicted molar refractivity (Wildman–Crippen MR) is 51.2 cm³/mol. The Labute approximate surface area is 80.3 Å². The van der Waals surface area contributed by atoms with Gasteiger partial charge in [-0.15, -0.1) is 0 Å². The van der Waals surface area contributed by atoms with Crippen molar-refractivity contribution in [2.45, 2.75) is 33.0 Å². The Balaban J connectivity index is 2.38. The Kier molecular flexibility index (Phi) is 3.71. The van der Waals surface area contributed by atoms with Crippen molar-refractivity contribution in [3.05, 3.63) is 0 Å². The predicted octanol–water partition coefficient (Wildman–Crippen LogP) is 1.26. The van der Waals surface area contributed by atoms with Crippen LogP contribution in [0.4, 0.5) is 0 Å². The molecule has 0 bridgehead atoms. The number of nitriles is 1. The van der Waals surface area contributed by atoms with Gasteiger partial charge in [-0.3, -0.25) is 4.90 Å². The Hall–Kier alpha value is -0.590. The van der Waals surface area contributed by atoms with Gasteiger partial charge in [0, 0.05) is 19.6 Å². The van der Waals surface area contributed by atoms with Crippen molar-refractivity contribution in [2.75, 3.05) is 19.6 Å². The lowest BCUT2D eigenvalue weighted by Gasteiger charge is -2.35. The number of nitrogens with zero attached hydrogens (tertiary/aromatic N) is 2. The van der Waals surface area contributed by atoms with Gasteiger partial charge >= 0.3 is 0 Å². The zero-order valence-corrected chi connectivity index (χ0v) is 8.66. The molecule has 3 heteroatoms. The number of rotatable bonds is 2. The third-order valence-corrected chi connectivity index (χ3v) is 2.25. The smallest absolute Gasteiger partial charge is 0.0678 e. The Bertz CT molecular complexity index is 190. The average Bonchev–Trinajstić information content (AvgIpc) is 2.02. The second kappa shape index (κ2) is 4.59. The van der Waals surface area contributed by atoms with Crippen LogP contribution in [0.1, 0.15) is 20.8 Å². The molecule has 1 aliphatic rings. The fourth-order valence-electron chi connectivity index (χ4n) is 1.86. The molecule has 0 aliphatic carbocycles. The second-order valence-corrected chi connectivity index (χ2v) is 4.01. The van der Waals surface area contributed by atoms with Crippen LogP contribution in [0.15, 0.2) is 0 Å². The first-order chi connectivity index (χ1) is 6.11. The maximum atomic E-state index is 8.69. The van der Waals surface area contributed by atoms with Crippen LogP contribution in [-0.4, -0.2) is 36.7 Å². The minimum atomic E-state index is 0.123. The Morgan fingerprint density at radius 3 is 2.46 bits per heavy atom. The zero-order valence-electron chi connectivity index (χ0n) is 8.66. The van der Waals surface area contributed by atoms with Gasteiger partial charge in [-0.25, -0.2) is 0 Å². The standard InChI is InChI=1S/C10H18N2O/c1-8(4-11)5-12-6-9(2)13-10(3)7-12/h8-10H,5-7H2,1-3H3. The fourth-order valence-corrected chi connectivity index (χ4v) is 1.86. The fraction of sp³-hybridized carbons (Fsp3) is 0.900. The Morgan fingerprint density at radius 2 is 2.00 bits per heavy atom. The van der Waals surface area contributed by atoms with E-state index in [-0.39, 0.29) is 5.92 Å². The highest BCUT2D eigenvalue weighted by atomic mass is 16.5. The number of hydrogen-bond acceptors (Lipinski definition) is 3. The number of ether oxygens (including phenoxy) is 1. The minimum absolute atomic E-state index is 0.123. The van der Waals surface area contributed by atoms with Crippen LogP contribution in [0.2, 0.25) is 0 Å². The summed E-state index contributed by atoms with van der Waals surface area (Å²) in [6.45, 7) is 8.91. The van der Waals surface area contributed by atoms with E-state index >= 15 is 0 Å². The van der Waals surface area contributed by atoms with E-state index in [1.54, 1.807) is 0 Å². The summed E-state index contributed by atoms with van der Waals surface area (Å²) in [5.41, 5.74) is 0. The van der Waals surface area contributed by atoms with E-state index in [0.717, 1.165) is 19.6 Å². The lowest BCUT2D eigenvalue weighted by Crippen LogP contribution is -2.46. The van der Waals surface area contributed by atoms with E-state index in [0.29, 0.717) is 12.2 Å². The molecule has 74 valence electrons. The van der Waals surface area contributed by atoms with Crippen molar-refractivity contribution in [1.82, 2.24) is 4.90 Å². The highest BCUT2D eigenvalue weighted by Gasteiger charge is 2.22. The van der Waals surface area contributed by atoms with E-state index < -0.39 is 0 Å². The first-order valence-electron chi connectivity index (χ1n) is 4.89. The van der Waals surface area contributed by atoms with E-state index in [9.17, 15) is 0 Å². The molecule has 3 nitrogen and oxygen atoms in total. The molecule has 1 fully saturated rings. The van der Waals surface area contributed by atoms with Crippen LogP contribution in [0.3, 0.4) is 0 Å². The minimum Gasteiger partial charge on any atom is -0.373 e. The van der Waals surface area contributed by atoms with E-state index in [4.69, 9.17) is 10.00 Å². The maximum Gasteiger partial charge on any atom is 0.0678 e. The van der Waals surface area contributed by atoms with Crippen molar-refractivity contribution in [2.24, 2.45) is 5.92 Å². The Morgan fingerprint density at radius 1 is 1.46 bits per heavy atom. The van der Waals surface area contributed by atoms with Crippen LogP contribution in [0.25, 0.3) is 0 Å². The summed E-state index contributed by atoms with van der Waals surface area (Å²) in [6, 6.07) is 2.26. The molecular formula is C10H18N2O. The van der Waals surface area contributed by atoms with Gasteiger partial charge in [0.25, 0.3) is 0 Å². The monoisotopic (exact) mass is 182 g/mol. The summed E-state index contributed by atoms with van der Waals surface area (Å²) in [4.78, 5) is 2.31. The number of morpholine rings is 1. The highest BCUT2D eigenvalue weighted by molar-refractivity contribution is 4.83. The maximum absolute atomic E-state index is 8.69. The molecule has 13 heavy (non-hydrogen) atoms. The summed E-state index contributed by atoms with van der Waals surface area (Å²) in [6.07, 6.45) is 0.601. The summed E-state index contributed by atoms with van der Waals surface area (Å²) < 4.78 is 5.61. The average molecular weight is 182 g/mol. The molecule has 1 aliphatic heterocycles. The largest absolute Gasteiger partial charge is 0.373 e. The van der Waals surface area contributed by atoms with Crippen LogP contribution >= 0.6 is 0 Å². The van der Waals surface area contributed by atoms with Gasteiger partial charge in [0.15, 0.2) is 0 Å². The van der Waals surface area contributed by atoms with Gasteiger partial charge in [0.2, 0.25) is 0 Å². The molecule has 3 unspecified atom stereocenters. The summed E-state index contributed by atoms with van der Waals surface area (Å²) in [5.74, 6) is 0.123. The van der Waals surface area contributed by atoms with Crippen molar-refractivity contribution < 1.29 is 4.74 Å². The molecule has 1 heterocycles. The lowest BCUT2D eigenvalue weighted by atomic mass is 10.1. The third-order valence-electron chi connectivity index (χ3n) is 2.25. The van der Waals surface area contributed by atoms with Crippen molar-refractivity contribution in [1.29, 1.82) is 5.26 Å². The topological polar surface area (TPSA) is 36.3 Å². The highest BCUT2D eigenvalue weighted by Crippen LogP contribution is 2.11. The molecule has 0 radical (unpaired) electrons. The molecule has 0 aromatic carbocycles. The molecule has 3 atom stereocenters. The van der Waals surface area contributed by atoms with Crippen LogP contribution in [0, 0.1) is 17.2 Å². The van der Waals surface area contributed by atoms with Gasteiger partial charge < -0.3 is 4.74 Å². The second-order valence-electron chi connectivity index (χ2n) is 4.01. The van der Waals surface area contributed by atoms with Gasteiger partial charge in [-0.05, 0) is 20.8 Å². The van der Waals surface area contributed by atoms with E-state index in [1.807, 2.05) is 6.92 Å². The zero-order chi connectivity index (χ0) is 9.84. The van der Waals surface area contributed by atoms with Gasteiger partial charge in [-0.2, -0.15) is 5.26 Å². The normalized spacial score (nSPS) is 32.5. The molecule has 0 aromatic rings.